The molecule has 0 fully saturated rings. The summed E-state index contributed by atoms with van der Waals surface area (Å²) < 4.78 is 45.9. The van der Waals surface area contributed by atoms with Crippen molar-refractivity contribution in [3.63, 3.8) is 0 Å². The molecule has 0 aliphatic carbocycles. The Morgan fingerprint density at radius 2 is 1.00 bits per heavy atom. The molecule has 0 aliphatic heterocycles. The van der Waals surface area contributed by atoms with Crippen LogP contribution in [0.5, 0.6) is 5.75 Å². The van der Waals surface area contributed by atoms with Gasteiger partial charge in [0.25, 0.3) is 0 Å². The van der Waals surface area contributed by atoms with E-state index in [4.69, 9.17) is 9.47 Å². The van der Waals surface area contributed by atoms with E-state index < -0.39 is 10.1 Å². The predicted molar refractivity (Wildman–Crippen MR) is 217 cm³/mol. The van der Waals surface area contributed by atoms with Gasteiger partial charge in [0.2, 0.25) is 6.29 Å². The Morgan fingerprint density at radius 1 is 0.635 bits per heavy atom. The molecule has 0 amide bonds. The van der Waals surface area contributed by atoms with Gasteiger partial charge < -0.3 is 14.0 Å². The summed E-state index contributed by atoms with van der Waals surface area (Å²) in [6.07, 6.45) is 1.03. The van der Waals surface area contributed by atoms with Gasteiger partial charge in [0.15, 0.2) is 14.7 Å². The lowest BCUT2D eigenvalue weighted by Crippen LogP contribution is -2.13. The maximum Gasteiger partial charge on any atom is 0.237 e. The Kier molecular flexibility index (Phi) is 14.5. The van der Waals surface area contributed by atoms with Crippen molar-refractivity contribution in [2.24, 2.45) is 0 Å². The highest BCUT2D eigenvalue weighted by molar-refractivity contribution is 7.97. The minimum Gasteiger partial charge on any atom is -0.744 e. The van der Waals surface area contributed by atoms with E-state index in [0.717, 1.165) is 11.3 Å². The van der Waals surface area contributed by atoms with E-state index in [2.05, 4.69) is 123 Å². The minimum absolute atomic E-state index is 0.00919. The van der Waals surface area contributed by atoms with Crippen molar-refractivity contribution in [2.75, 3.05) is 0 Å². The average Bonchev–Trinajstić information content (AvgIpc) is 3.04. The molecule has 4 rings (SSSR count). The molecule has 52 heavy (non-hydrogen) atoms. The lowest BCUT2D eigenvalue weighted by Gasteiger charge is -2.24. The molecule has 0 saturated carbocycles. The van der Waals surface area contributed by atoms with Crippen molar-refractivity contribution in [2.45, 2.75) is 144 Å². The molecule has 4 aromatic carbocycles. The molecule has 7 heteroatoms. The fourth-order valence-electron chi connectivity index (χ4n) is 5.78. The first kappa shape index (κ1) is 42.9. The first-order valence-corrected chi connectivity index (χ1v) is 20.8. The van der Waals surface area contributed by atoms with Gasteiger partial charge in [-0.15, -0.1) is 0 Å². The van der Waals surface area contributed by atoms with Gasteiger partial charge in [-0.3, -0.25) is 0 Å². The topological polar surface area (TPSA) is 75.7 Å². The summed E-state index contributed by atoms with van der Waals surface area (Å²) >= 11 is 0. The van der Waals surface area contributed by atoms with E-state index in [-0.39, 0.29) is 44.7 Å². The van der Waals surface area contributed by atoms with Gasteiger partial charge in [0.1, 0.15) is 15.9 Å². The molecule has 0 radical (unpaired) electrons. The second-order valence-corrected chi connectivity index (χ2v) is 19.6. The quantitative estimate of drug-likeness (QED) is 0.0661. The van der Waals surface area contributed by atoms with Gasteiger partial charge in [0, 0.05) is 6.92 Å². The van der Waals surface area contributed by atoms with Gasteiger partial charge in [-0.05, 0) is 105 Å². The van der Waals surface area contributed by atoms with E-state index >= 15 is 0 Å². The Hall–Kier alpha value is -3.52. The summed E-state index contributed by atoms with van der Waals surface area (Å²) in [6, 6.07) is 30.3. The van der Waals surface area contributed by atoms with Crippen LogP contribution in [0.3, 0.4) is 0 Å². The van der Waals surface area contributed by atoms with Gasteiger partial charge >= 0.3 is 0 Å². The third kappa shape index (κ3) is 11.5. The molecule has 4 aromatic rings. The van der Waals surface area contributed by atoms with Gasteiger partial charge in [-0.1, -0.05) is 126 Å². The Labute approximate surface area is 318 Å². The normalized spacial score (nSPS) is 12.9. The van der Waals surface area contributed by atoms with Crippen LogP contribution < -0.4 is 4.74 Å². The Morgan fingerprint density at radius 3 is 1.29 bits per heavy atom. The number of benzene rings is 4. The number of ether oxygens (including phenoxy) is 2. The van der Waals surface area contributed by atoms with Crippen molar-refractivity contribution < 1.29 is 22.4 Å². The molecule has 0 aromatic heterocycles. The highest BCUT2D eigenvalue weighted by Gasteiger charge is 2.30. The molecular weight excluding hydrogens is 685 g/mol. The lowest BCUT2D eigenvalue weighted by molar-refractivity contribution is -0.0132. The highest BCUT2D eigenvalue weighted by atomic mass is 32.2. The van der Waals surface area contributed by atoms with E-state index in [1.807, 2.05) is 58.9 Å². The summed E-state index contributed by atoms with van der Waals surface area (Å²) in [4.78, 5) is 3.86. The van der Waals surface area contributed by atoms with Crippen molar-refractivity contribution >= 4 is 21.0 Å². The molecule has 0 aliphatic rings. The van der Waals surface area contributed by atoms with Gasteiger partial charge in [-0.25, -0.2) is 8.42 Å². The second kappa shape index (κ2) is 17.5. The standard InChI is InChI=1S/C30H37O2S.C15H24O3S/c1-9-31-22(2)32-25-14-20-28(21-15-25)33(26-16-10-23(11-17-26)29(3,4)5)27-18-12-24(13-19-27)30(6,7)8;1-9(2)12-7-13(10(3)4)15(19(16,17)18)14(8-12)11(5)6/h9-22H,1H2,2-8H3;7-11H,1-6H3,(H,16,17,18)/q+1;/p-1. The average molecular weight is 745 g/mol. The minimum atomic E-state index is -4.45. The fourth-order valence-corrected chi connectivity index (χ4v) is 8.99. The first-order valence-electron chi connectivity index (χ1n) is 18.2. The smallest absolute Gasteiger partial charge is 0.237 e. The molecule has 1 atom stereocenters. The van der Waals surface area contributed by atoms with Crippen LogP contribution >= 0.6 is 0 Å². The summed E-state index contributed by atoms with van der Waals surface area (Å²) in [6.45, 7) is 30.7. The first-order chi connectivity index (χ1) is 24.0. The Bertz CT molecular complexity index is 1770. The third-order valence-corrected chi connectivity index (χ3v) is 12.1. The number of hydrogen-bond acceptors (Lipinski definition) is 5. The zero-order valence-corrected chi connectivity index (χ0v) is 35.2. The van der Waals surface area contributed by atoms with E-state index in [1.165, 1.54) is 32.1 Å². The molecule has 0 spiro atoms. The largest absolute Gasteiger partial charge is 0.744 e. The van der Waals surface area contributed by atoms with Crippen LogP contribution in [0, 0.1) is 0 Å². The second-order valence-electron chi connectivity index (χ2n) is 16.3. The monoisotopic (exact) mass is 744 g/mol. The SMILES string of the molecule is C=COC(C)Oc1ccc([S+](c2ccc(C(C)(C)C)cc2)c2ccc(C(C)(C)C)cc2)cc1.CC(C)c1cc(C(C)C)c(S(=O)(=O)[O-])c(C(C)C)c1. The van der Waals surface area contributed by atoms with Crippen LogP contribution in [0.1, 0.15) is 136 Å². The summed E-state index contributed by atoms with van der Waals surface area (Å²) in [5, 5.41) is 0. The molecule has 0 heterocycles. The van der Waals surface area contributed by atoms with Crippen molar-refractivity contribution in [3.8, 4) is 5.75 Å². The summed E-state index contributed by atoms with van der Waals surface area (Å²) in [7, 11) is -4.66. The summed E-state index contributed by atoms with van der Waals surface area (Å²) in [5.41, 5.74) is 5.33. The van der Waals surface area contributed by atoms with Crippen LogP contribution in [0.2, 0.25) is 0 Å². The van der Waals surface area contributed by atoms with Crippen LogP contribution in [0.4, 0.5) is 0 Å². The van der Waals surface area contributed by atoms with Crippen molar-refractivity contribution in [3.05, 3.63) is 126 Å². The summed E-state index contributed by atoms with van der Waals surface area (Å²) in [5.74, 6) is 1.10. The van der Waals surface area contributed by atoms with E-state index in [9.17, 15) is 13.0 Å². The highest BCUT2D eigenvalue weighted by Crippen LogP contribution is 2.36. The molecule has 282 valence electrons. The van der Waals surface area contributed by atoms with Crippen molar-refractivity contribution in [1.82, 2.24) is 0 Å². The van der Waals surface area contributed by atoms with Gasteiger partial charge in [-0.2, -0.15) is 0 Å². The zero-order valence-electron chi connectivity index (χ0n) is 33.5. The van der Waals surface area contributed by atoms with Crippen LogP contribution in [0.15, 0.2) is 117 Å². The molecule has 1 unspecified atom stereocenters. The zero-order chi connectivity index (χ0) is 39.2. The molecule has 0 N–H and O–H groups in total. The van der Waals surface area contributed by atoms with Crippen LogP contribution in [-0.2, 0) is 36.6 Å². The van der Waals surface area contributed by atoms with E-state index in [1.54, 1.807) is 0 Å². The van der Waals surface area contributed by atoms with Crippen molar-refractivity contribution in [1.29, 1.82) is 0 Å². The number of hydrogen-bond donors (Lipinski definition) is 0. The molecular formula is C45H60O5S2. The fraction of sp³-hybridized carbons (Fsp3) is 0.422. The third-order valence-electron chi connectivity index (χ3n) is 8.89. The maximum absolute atomic E-state index is 11.6. The van der Waals surface area contributed by atoms with E-state index in [0.29, 0.717) is 17.0 Å². The Balaban J connectivity index is 0.000000326. The number of rotatable bonds is 11. The maximum atomic E-state index is 11.6. The predicted octanol–water partition coefficient (Wildman–Crippen LogP) is 12.2. The lowest BCUT2D eigenvalue weighted by atomic mass is 9.87. The molecule has 5 nitrogen and oxygen atoms in total. The van der Waals surface area contributed by atoms with Crippen LogP contribution in [0.25, 0.3) is 0 Å². The molecule has 0 saturated heterocycles. The molecule has 0 bridgehead atoms. The van der Waals surface area contributed by atoms with Gasteiger partial charge in [0.05, 0.1) is 22.1 Å². The van der Waals surface area contributed by atoms with Crippen LogP contribution in [-0.4, -0.2) is 19.3 Å².